The lowest BCUT2D eigenvalue weighted by Gasteiger charge is -2.12. The molecule has 4 nitrogen and oxygen atoms in total. The van der Waals surface area contributed by atoms with E-state index in [1.807, 2.05) is 42.3 Å². The molecule has 1 heterocycles. The van der Waals surface area contributed by atoms with E-state index in [0.29, 0.717) is 11.6 Å². The van der Waals surface area contributed by atoms with Crippen LogP contribution in [0.4, 0.5) is 0 Å². The number of aryl methyl sites for hydroxylation is 1. The van der Waals surface area contributed by atoms with Crippen LogP contribution >= 0.6 is 11.6 Å². The van der Waals surface area contributed by atoms with Crippen LogP contribution < -0.4 is 10.1 Å². The molecule has 0 aliphatic heterocycles. The molecule has 0 radical (unpaired) electrons. The van der Waals surface area contributed by atoms with E-state index in [0.717, 1.165) is 30.0 Å². The summed E-state index contributed by atoms with van der Waals surface area (Å²) in [5, 5.41) is 7.96. The second-order valence-corrected chi connectivity index (χ2v) is 4.66. The number of ether oxygens (including phenoxy) is 1. The minimum atomic E-state index is 0.473. The summed E-state index contributed by atoms with van der Waals surface area (Å²) in [4.78, 5) is 0. The van der Waals surface area contributed by atoms with Gasteiger partial charge in [-0.25, -0.2) is 0 Å². The lowest BCUT2D eigenvalue weighted by Crippen LogP contribution is -2.07. The largest absolute Gasteiger partial charge is 0.487 e. The van der Waals surface area contributed by atoms with Crippen molar-refractivity contribution in [3.05, 3.63) is 46.7 Å². The summed E-state index contributed by atoms with van der Waals surface area (Å²) < 4.78 is 7.71. The lowest BCUT2D eigenvalue weighted by molar-refractivity contribution is 0.302. The van der Waals surface area contributed by atoms with Gasteiger partial charge in [0.2, 0.25) is 0 Å². The Labute approximate surface area is 118 Å². The summed E-state index contributed by atoms with van der Waals surface area (Å²) in [5.41, 5.74) is 2.09. The van der Waals surface area contributed by atoms with Crippen molar-refractivity contribution in [3.8, 4) is 5.75 Å². The molecule has 5 heteroatoms. The van der Waals surface area contributed by atoms with Crippen LogP contribution in [-0.2, 0) is 19.7 Å². The zero-order valence-corrected chi connectivity index (χ0v) is 11.9. The highest BCUT2D eigenvalue weighted by molar-refractivity contribution is 6.32. The van der Waals surface area contributed by atoms with Crippen molar-refractivity contribution in [2.45, 2.75) is 26.6 Å². The number of para-hydroxylation sites is 1. The van der Waals surface area contributed by atoms with Gasteiger partial charge in [0.25, 0.3) is 0 Å². The SMILES string of the molecule is CCn1cc(COc2c(Cl)cccc2CNC)cn1. The van der Waals surface area contributed by atoms with Gasteiger partial charge in [-0.05, 0) is 20.0 Å². The number of aromatic nitrogens is 2. The highest BCUT2D eigenvalue weighted by Crippen LogP contribution is 2.29. The average Bonchev–Trinajstić information content (AvgIpc) is 2.86. The zero-order chi connectivity index (χ0) is 13.7. The Kier molecular flexibility index (Phi) is 4.82. The minimum Gasteiger partial charge on any atom is -0.487 e. The first-order valence-electron chi connectivity index (χ1n) is 6.30. The van der Waals surface area contributed by atoms with E-state index < -0.39 is 0 Å². The molecule has 1 N–H and O–H groups in total. The van der Waals surface area contributed by atoms with Gasteiger partial charge in [-0.1, -0.05) is 23.7 Å². The van der Waals surface area contributed by atoms with Crippen molar-refractivity contribution in [3.63, 3.8) is 0 Å². The zero-order valence-electron chi connectivity index (χ0n) is 11.2. The predicted octanol–water partition coefficient (Wildman–Crippen LogP) is 2.85. The van der Waals surface area contributed by atoms with E-state index in [1.165, 1.54) is 0 Å². The molecule has 19 heavy (non-hydrogen) atoms. The van der Waals surface area contributed by atoms with Crippen LogP contribution in [0, 0.1) is 0 Å². The maximum Gasteiger partial charge on any atom is 0.142 e. The van der Waals surface area contributed by atoms with Gasteiger partial charge in [0.15, 0.2) is 0 Å². The molecule has 0 aliphatic carbocycles. The van der Waals surface area contributed by atoms with Crippen molar-refractivity contribution < 1.29 is 4.74 Å². The third-order valence-electron chi connectivity index (χ3n) is 2.81. The number of nitrogens with zero attached hydrogens (tertiary/aromatic N) is 2. The van der Waals surface area contributed by atoms with Crippen LogP contribution in [0.1, 0.15) is 18.1 Å². The van der Waals surface area contributed by atoms with Crippen molar-refractivity contribution >= 4 is 11.6 Å². The summed E-state index contributed by atoms with van der Waals surface area (Å²) in [6.07, 6.45) is 3.80. The van der Waals surface area contributed by atoms with Crippen molar-refractivity contribution in [1.29, 1.82) is 0 Å². The summed E-state index contributed by atoms with van der Waals surface area (Å²) >= 11 is 6.19. The van der Waals surface area contributed by atoms with E-state index in [-0.39, 0.29) is 0 Å². The predicted molar refractivity (Wildman–Crippen MR) is 76.4 cm³/mol. The minimum absolute atomic E-state index is 0.473. The van der Waals surface area contributed by atoms with Gasteiger partial charge in [0.05, 0.1) is 11.2 Å². The molecule has 0 spiro atoms. The maximum absolute atomic E-state index is 6.19. The monoisotopic (exact) mass is 279 g/mol. The standard InChI is InChI=1S/C14H18ClN3O/c1-3-18-9-11(7-17-18)10-19-14-12(8-16-2)5-4-6-13(14)15/h4-7,9,16H,3,8,10H2,1-2H3. The molecule has 0 bridgehead atoms. The molecule has 1 aromatic heterocycles. The first-order chi connectivity index (χ1) is 9.24. The second kappa shape index (κ2) is 6.59. The Morgan fingerprint density at radius 3 is 2.95 bits per heavy atom. The fourth-order valence-electron chi connectivity index (χ4n) is 1.85. The Morgan fingerprint density at radius 2 is 2.26 bits per heavy atom. The van der Waals surface area contributed by atoms with Crippen LogP contribution in [0.15, 0.2) is 30.6 Å². The van der Waals surface area contributed by atoms with Crippen molar-refractivity contribution in [2.75, 3.05) is 7.05 Å². The fraction of sp³-hybridized carbons (Fsp3) is 0.357. The van der Waals surface area contributed by atoms with Gasteiger partial charge in [-0.3, -0.25) is 4.68 Å². The molecular weight excluding hydrogens is 262 g/mol. The molecule has 2 aromatic rings. The molecule has 0 fully saturated rings. The van der Waals surface area contributed by atoms with Gasteiger partial charge in [-0.2, -0.15) is 5.10 Å². The Balaban J connectivity index is 2.09. The quantitative estimate of drug-likeness (QED) is 0.884. The number of rotatable bonds is 6. The first kappa shape index (κ1) is 13.9. The van der Waals surface area contributed by atoms with Crippen LogP contribution in [-0.4, -0.2) is 16.8 Å². The van der Waals surface area contributed by atoms with E-state index in [9.17, 15) is 0 Å². The van der Waals surface area contributed by atoms with Crippen LogP contribution in [0.3, 0.4) is 0 Å². The van der Waals surface area contributed by atoms with Gasteiger partial charge in [0.1, 0.15) is 12.4 Å². The molecule has 2 rings (SSSR count). The number of nitrogens with one attached hydrogen (secondary N) is 1. The van der Waals surface area contributed by atoms with E-state index in [1.54, 1.807) is 0 Å². The molecule has 0 saturated carbocycles. The molecule has 102 valence electrons. The van der Waals surface area contributed by atoms with E-state index in [2.05, 4.69) is 17.3 Å². The number of hydrogen-bond acceptors (Lipinski definition) is 3. The van der Waals surface area contributed by atoms with Gasteiger partial charge in [0, 0.05) is 30.4 Å². The van der Waals surface area contributed by atoms with Crippen molar-refractivity contribution in [2.24, 2.45) is 0 Å². The summed E-state index contributed by atoms with van der Waals surface area (Å²) in [5.74, 6) is 0.739. The number of benzene rings is 1. The van der Waals surface area contributed by atoms with Crippen molar-refractivity contribution in [1.82, 2.24) is 15.1 Å². The van der Waals surface area contributed by atoms with Gasteiger partial charge < -0.3 is 10.1 Å². The Hall–Kier alpha value is -1.52. The first-order valence-corrected chi connectivity index (χ1v) is 6.68. The smallest absolute Gasteiger partial charge is 0.142 e. The van der Waals surface area contributed by atoms with Crippen LogP contribution in [0.5, 0.6) is 5.75 Å². The lowest BCUT2D eigenvalue weighted by atomic mass is 10.2. The summed E-state index contributed by atoms with van der Waals surface area (Å²) in [6.45, 7) is 4.11. The topological polar surface area (TPSA) is 39.1 Å². The second-order valence-electron chi connectivity index (χ2n) is 4.25. The molecule has 0 saturated heterocycles. The van der Waals surface area contributed by atoms with Gasteiger partial charge >= 0.3 is 0 Å². The molecular formula is C14H18ClN3O. The maximum atomic E-state index is 6.19. The normalized spacial score (nSPS) is 10.7. The average molecular weight is 280 g/mol. The summed E-state index contributed by atoms with van der Waals surface area (Å²) in [7, 11) is 1.90. The fourth-order valence-corrected chi connectivity index (χ4v) is 2.10. The van der Waals surface area contributed by atoms with Crippen LogP contribution in [0.25, 0.3) is 0 Å². The molecule has 0 aliphatic rings. The third-order valence-corrected chi connectivity index (χ3v) is 3.11. The Bertz CT molecular complexity index is 539. The summed E-state index contributed by atoms with van der Waals surface area (Å²) in [6, 6.07) is 5.77. The van der Waals surface area contributed by atoms with E-state index in [4.69, 9.17) is 16.3 Å². The Morgan fingerprint density at radius 1 is 1.42 bits per heavy atom. The highest BCUT2D eigenvalue weighted by atomic mass is 35.5. The van der Waals surface area contributed by atoms with Gasteiger partial charge in [-0.15, -0.1) is 0 Å². The molecule has 0 atom stereocenters. The highest BCUT2D eigenvalue weighted by Gasteiger charge is 2.08. The molecule has 0 amide bonds. The van der Waals surface area contributed by atoms with Crippen LogP contribution in [0.2, 0.25) is 5.02 Å². The third kappa shape index (κ3) is 3.49. The molecule has 1 aromatic carbocycles. The number of hydrogen-bond donors (Lipinski definition) is 1. The molecule has 0 unspecified atom stereocenters. The number of halogens is 1. The van der Waals surface area contributed by atoms with E-state index >= 15 is 0 Å².